The van der Waals surface area contributed by atoms with Crippen molar-refractivity contribution < 1.29 is 9.53 Å². The fourth-order valence-corrected chi connectivity index (χ4v) is 4.17. The van der Waals surface area contributed by atoms with Crippen LogP contribution < -0.4 is 20.7 Å². The number of guanidine groups is 1. The molecular weight excluding hydrogens is 529 g/mol. The van der Waals surface area contributed by atoms with Crippen LogP contribution in [0.3, 0.4) is 0 Å². The van der Waals surface area contributed by atoms with E-state index in [1.807, 2.05) is 12.1 Å². The zero-order valence-corrected chi connectivity index (χ0v) is 22.6. The Morgan fingerprint density at radius 2 is 1.91 bits per heavy atom. The van der Waals surface area contributed by atoms with Crippen molar-refractivity contribution in [2.45, 2.75) is 70.9 Å². The van der Waals surface area contributed by atoms with Gasteiger partial charge in [0.05, 0.1) is 6.54 Å². The monoisotopic (exact) mass is 571 g/mol. The molecule has 1 atom stereocenters. The molecule has 1 amide bonds. The molecule has 3 rings (SSSR count). The van der Waals surface area contributed by atoms with Crippen LogP contribution in [-0.2, 0) is 11.2 Å². The van der Waals surface area contributed by atoms with Crippen LogP contribution in [0.25, 0.3) is 0 Å². The van der Waals surface area contributed by atoms with Crippen LogP contribution in [0.4, 0.5) is 0 Å². The summed E-state index contributed by atoms with van der Waals surface area (Å²) < 4.78 is 5.58. The lowest BCUT2D eigenvalue weighted by Gasteiger charge is -2.34. The van der Waals surface area contributed by atoms with Crippen molar-refractivity contribution in [3.05, 3.63) is 29.8 Å². The number of benzene rings is 1. The summed E-state index contributed by atoms with van der Waals surface area (Å²) in [5, 5.41) is 9.73. The van der Waals surface area contributed by atoms with Crippen LogP contribution in [0.15, 0.2) is 29.3 Å². The molecule has 0 spiro atoms. The van der Waals surface area contributed by atoms with E-state index in [1.165, 1.54) is 37.8 Å². The maximum Gasteiger partial charge on any atom is 0.258 e. The summed E-state index contributed by atoms with van der Waals surface area (Å²) in [4.78, 5) is 19.1. The molecule has 2 aliphatic rings. The van der Waals surface area contributed by atoms with Crippen LogP contribution in [0.5, 0.6) is 5.75 Å². The van der Waals surface area contributed by atoms with Gasteiger partial charge in [-0.1, -0.05) is 25.5 Å². The normalized spacial score (nSPS) is 18.8. The van der Waals surface area contributed by atoms with E-state index in [-0.39, 0.29) is 36.5 Å². The number of hydrogen-bond acceptors (Lipinski definition) is 4. The first-order chi connectivity index (χ1) is 15.7. The smallest absolute Gasteiger partial charge is 0.258 e. The molecule has 186 valence electrons. The van der Waals surface area contributed by atoms with Crippen molar-refractivity contribution in [1.29, 1.82) is 0 Å². The topological polar surface area (TPSA) is 78.0 Å². The van der Waals surface area contributed by atoms with Crippen LogP contribution in [0.2, 0.25) is 0 Å². The first-order valence-electron chi connectivity index (χ1n) is 12.4. The van der Waals surface area contributed by atoms with Gasteiger partial charge in [0, 0.05) is 31.7 Å². The average molecular weight is 572 g/mol. The Labute approximate surface area is 216 Å². The van der Waals surface area contributed by atoms with Crippen molar-refractivity contribution in [2.24, 2.45) is 4.99 Å². The summed E-state index contributed by atoms with van der Waals surface area (Å²) in [5.74, 6) is 1.58. The molecule has 1 unspecified atom stereocenters. The highest BCUT2D eigenvalue weighted by Gasteiger charge is 2.23. The van der Waals surface area contributed by atoms with Gasteiger partial charge >= 0.3 is 0 Å². The van der Waals surface area contributed by atoms with Crippen LogP contribution >= 0.6 is 24.0 Å². The predicted molar refractivity (Wildman–Crippen MR) is 146 cm³/mol. The predicted octanol–water partition coefficient (Wildman–Crippen LogP) is 3.32. The Hall–Kier alpha value is -1.55. The highest BCUT2D eigenvalue weighted by Crippen LogP contribution is 2.19. The summed E-state index contributed by atoms with van der Waals surface area (Å²) >= 11 is 0. The molecule has 0 radical (unpaired) electrons. The Morgan fingerprint density at radius 1 is 1.12 bits per heavy atom. The maximum atomic E-state index is 11.7. The van der Waals surface area contributed by atoms with E-state index in [2.05, 4.69) is 46.8 Å². The number of carbonyl (C=O) groups is 1. The van der Waals surface area contributed by atoms with Crippen molar-refractivity contribution in [2.75, 3.05) is 39.3 Å². The molecule has 0 aromatic heterocycles. The molecular formula is C25H42IN5O2. The summed E-state index contributed by atoms with van der Waals surface area (Å²) in [7, 11) is 0. The number of nitrogens with one attached hydrogen (secondary N) is 3. The Balaban J connectivity index is 0.00000385. The van der Waals surface area contributed by atoms with Crippen LogP contribution in [-0.4, -0.2) is 68.2 Å². The van der Waals surface area contributed by atoms with Gasteiger partial charge in [0.1, 0.15) is 5.75 Å². The van der Waals surface area contributed by atoms with E-state index in [1.54, 1.807) is 0 Å². The van der Waals surface area contributed by atoms with Gasteiger partial charge < -0.3 is 20.7 Å². The molecule has 1 heterocycles. The van der Waals surface area contributed by atoms with Gasteiger partial charge in [0.25, 0.3) is 5.91 Å². The van der Waals surface area contributed by atoms with Gasteiger partial charge in [-0.2, -0.15) is 0 Å². The molecule has 1 saturated carbocycles. The molecule has 1 aliphatic carbocycles. The van der Waals surface area contributed by atoms with Gasteiger partial charge in [-0.3, -0.25) is 14.7 Å². The van der Waals surface area contributed by atoms with E-state index in [0.717, 1.165) is 63.2 Å². The molecule has 1 aromatic carbocycles. The van der Waals surface area contributed by atoms with Crippen molar-refractivity contribution in [1.82, 2.24) is 20.9 Å². The number of piperidine rings is 1. The zero-order valence-electron chi connectivity index (χ0n) is 20.3. The highest BCUT2D eigenvalue weighted by molar-refractivity contribution is 14.0. The van der Waals surface area contributed by atoms with Gasteiger partial charge in [-0.25, -0.2) is 0 Å². The quantitative estimate of drug-likeness (QED) is 0.204. The minimum Gasteiger partial charge on any atom is -0.484 e. The standard InChI is InChI=1S/C25H41N5O2.HI/c1-3-22-7-5-6-17-30(22)18-16-28-25(26-4-2)27-15-14-20-8-12-23(13-9-20)32-19-24(31)29-21-10-11-21;/h8-9,12-13,21-22H,3-7,10-11,14-19H2,1-2H3,(H,29,31)(H2,26,27,28);1H. The Kier molecular flexibility index (Phi) is 12.9. The highest BCUT2D eigenvalue weighted by atomic mass is 127. The zero-order chi connectivity index (χ0) is 22.6. The van der Waals surface area contributed by atoms with E-state index in [9.17, 15) is 4.79 Å². The number of nitrogens with zero attached hydrogens (tertiary/aromatic N) is 2. The number of carbonyl (C=O) groups excluding carboxylic acids is 1. The largest absolute Gasteiger partial charge is 0.484 e. The lowest BCUT2D eigenvalue weighted by atomic mass is 10.0. The van der Waals surface area contributed by atoms with E-state index >= 15 is 0 Å². The first kappa shape index (κ1) is 27.7. The van der Waals surface area contributed by atoms with Crippen molar-refractivity contribution in [3.8, 4) is 5.75 Å². The molecule has 1 aliphatic heterocycles. The second-order valence-electron chi connectivity index (χ2n) is 8.81. The second kappa shape index (κ2) is 15.4. The molecule has 0 bridgehead atoms. The summed E-state index contributed by atoms with van der Waals surface area (Å²) in [6, 6.07) is 9.08. The fraction of sp³-hybridized carbons (Fsp3) is 0.680. The first-order valence-corrected chi connectivity index (χ1v) is 12.4. The number of rotatable bonds is 12. The van der Waals surface area contributed by atoms with Crippen LogP contribution in [0, 0.1) is 0 Å². The maximum absolute atomic E-state index is 11.7. The minimum absolute atomic E-state index is 0. The van der Waals surface area contributed by atoms with Gasteiger partial charge in [0.15, 0.2) is 12.6 Å². The SMILES string of the molecule is CCNC(=NCCN1CCCCC1CC)NCCc1ccc(OCC(=O)NC2CC2)cc1.I. The number of amides is 1. The van der Waals surface area contributed by atoms with Gasteiger partial charge in [-0.05, 0) is 69.7 Å². The van der Waals surface area contributed by atoms with Crippen LogP contribution in [0.1, 0.15) is 57.9 Å². The van der Waals surface area contributed by atoms with Crippen molar-refractivity contribution in [3.63, 3.8) is 0 Å². The molecule has 2 fully saturated rings. The van der Waals surface area contributed by atoms with E-state index in [0.29, 0.717) is 6.04 Å². The van der Waals surface area contributed by atoms with Crippen molar-refractivity contribution >= 4 is 35.8 Å². The summed E-state index contributed by atoms with van der Waals surface area (Å²) in [5.41, 5.74) is 1.22. The molecule has 8 heteroatoms. The van der Waals surface area contributed by atoms with Gasteiger partial charge in [-0.15, -0.1) is 24.0 Å². The third-order valence-corrected chi connectivity index (χ3v) is 6.16. The molecule has 1 aromatic rings. The lowest BCUT2D eigenvalue weighted by Crippen LogP contribution is -2.42. The fourth-order valence-electron chi connectivity index (χ4n) is 4.17. The average Bonchev–Trinajstić information content (AvgIpc) is 3.63. The van der Waals surface area contributed by atoms with E-state index in [4.69, 9.17) is 9.73 Å². The third-order valence-electron chi connectivity index (χ3n) is 6.16. The molecule has 7 nitrogen and oxygen atoms in total. The number of aliphatic imine (C=N–C) groups is 1. The van der Waals surface area contributed by atoms with E-state index < -0.39 is 0 Å². The minimum atomic E-state index is -0.0403. The number of hydrogen-bond donors (Lipinski definition) is 3. The molecule has 33 heavy (non-hydrogen) atoms. The summed E-state index contributed by atoms with van der Waals surface area (Å²) in [6.45, 7) is 9.21. The molecule has 1 saturated heterocycles. The van der Waals surface area contributed by atoms with Gasteiger partial charge in [0.2, 0.25) is 0 Å². The number of ether oxygens (including phenoxy) is 1. The lowest BCUT2D eigenvalue weighted by molar-refractivity contribution is -0.123. The number of likely N-dealkylation sites (tertiary alicyclic amines) is 1. The molecule has 3 N–H and O–H groups in total. The Bertz CT molecular complexity index is 724. The Morgan fingerprint density at radius 3 is 2.61 bits per heavy atom. The second-order valence-corrected chi connectivity index (χ2v) is 8.81. The summed E-state index contributed by atoms with van der Waals surface area (Å²) in [6.07, 6.45) is 8.33. The number of halogens is 1. The third kappa shape index (κ3) is 10.5.